The molecule has 0 bridgehead atoms. The van der Waals surface area contributed by atoms with E-state index in [-0.39, 0.29) is 11.3 Å². The van der Waals surface area contributed by atoms with Gasteiger partial charge >= 0.3 is 0 Å². The summed E-state index contributed by atoms with van der Waals surface area (Å²) in [6.45, 7) is 3.96. The quantitative estimate of drug-likeness (QED) is 0.224. The van der Waals surface area contributed by atoms with E-state index in [1.54, 1.807) is 24.3 Å². The lowest BCUT2D eigenvalue weighted by atomic mass is 9.94. The largest absolute Gasteiger partial charge is 0.507 e. The van der Waals surface area contributed by atoms with Gasteiger partial charge in [0.25, 0.3) is 11.7 Å². The number of aliphatic hydroxyl groups is 1. The van der Waals surface area contributed by atoms with E-state index in [1.807, 2.05) is 74.1 Å². The molecule has 1 amide bonds. The number of ketones is 1. The molecule has 1 atom stereocenters. The maximum absolute atomic E-state index is 13.4. The summed E-state index contributed by atoms with van der Waals surface area (Å²) in [4.78, 5) is 28.4. The van der Waals surface area contributed by atoms with Gasteiger partial charge in [-0.1, -0.05) is 48.0 Å². The average Bonchev–Trinajstić information content (AvgIpc) is 3.29. The van der Waals surface area contributed by atoms with Gasteiger partial charge in [0.05, 0.1) is 11.6 Å². The van der Waals surface area contributed by atoms with E-state index in [9.17, 15) is 14.7 Å². The fraction of sp³-hybridized carbons (Fsp3) is 0.143. The third kappa shape index (κ3) is 3.40. The van der Waals surface area contributed by atoms with Gasteiger partial charge in [0.15, 0.2) is 0 Å². The van der Waals surface area contributed by atoms with Gasteiger partial charge in [0.2, 0.25) is 0 Å². The molecule has 0 aliphatic carbocycles. The molecular weight excluding hydrogens is 448 g/mol. The highest BCUT2D eigenvalue weighted by Crippen LogP contribution is 2.45. The number of aliphatic hydroxyl groups excluding tert-OH is 1. The zero-order valence-electron chi connectivity index (χ0n) is 19.0. The Hall–Kier alpha value is -3.83. The van der Waals surface area contributed by atoms with Crippen molar-refractivity contribution in [2.45, 2.75) is 19.9 Å². The van der Waals surface area contributed by atoms with E-state index in [4.69, 9.17) is 11.6 Å². The molecule has 0 saturated carbocycles. The van der Waals surface area contributed by atoms with Crippen molar-refractivity contribution in [2.75, 3.05) is 4.90 Å². The summed E-state index contributed by atoms with van der Waals surface area (Å²) in [5.41, 5.74) is 4.85. The van der Waals surface area contributed by atoms with Crippen LogP contribution in [-0.4, -0.2) is 21.4 Å². The van der Waals surface area contributed by atoms with Crippen LogP contribution in [0, 0.1) is 13.8 Å². The molecule has 2 heterocycles. The lowest BCUT2D eigenvalue weighted by Crippen LogP contribution is -2.29. The summed E-state index contributed by atoms with van der Waals surface area (Å²) in [5.74, 6) is -1.65. The van der Waals surface area contributed by atoms with E-state index >= 15 is 0 Å². The summed E-state index contributed by atoms with van der Waals surface area (Å²) in [5, 5.41) is 12.7. The minimum absolute atomic E-state index is 0.0434. The number of hydrogen-bond donors (Lipinski definition) is 1. The maximum Gasteiger partial charge on any atom is 0.300 e. The highest BCUT2D eigenvalue weighted by atomic mass is 35.5. The second-order valence-corrected chi connectivity index (χ2v) is 9.10. The van der Waals surface area contributed by atoms with Crippen LogP contribution < -0.4 is 4.90 Å². The number of halogens is 1. The fourth-order valence-corrected chi connectivity index (χ4v) is 4.84. The summed E-state index contributed by atoms with van der Waals surface area (Å²) in [6.07, 6.45) is 1.92. The Morgan fingerprint density at radius 3 is 2.44 bits per heavy atom. The van der Waals surface area contributed by atoms with Gasteiger partial charge in [-0.25, -0.2) is 0 Å². The van der Waals surface area contributed by atoms with E-state index in [0.717, 1.165) is 27.6 Å². The Labute approximate surface area is 202 Å². The standard InChI is InChI=1S/C28H23ClN2O3/c1-16-11-12-20(13-17(16)2)31-25(22-15-30(3)23-10-5-4-9-21(22)23)24(27(33)28(31)34)26(32)18-7-6-8-19(29)14-18/h4-15,25,32H,1-3H3/b26-24+. The molecule has 1 aliphatic rings. The first-order valence-electron chi connectivity index (χ1n) is 11.0. The molecule has 0 spiro atoms. The first kappa shape index (κ1) is 22.0. The average molecular weight is 471 g/mol. The first-order valence-corrected chi connectivity index (χ1v) is 11.3. The highest BCUT2D eigenvalue weighted by Gasteiger charge is 2.48. The van der Waals surface area contributed by atoms with E-state index < -0.39 is 17.7 Å². The number of para-hydroxylation sites is 1. The number of hydrogen-bond acceptors (Lipinski definition) is 3. The number of benzene rings is 3. The SMILES string of the molecule is Cc1ccc(N2C(=O)C(=O)/C(=C(/O)c3cccc(Cl)c3)C2c2cn(C)c3ccccc23)cc1C. The molecule has 6 heteroatoms. The molecule has 5 nitrogen and oxygen atoms in total. The van der Waals surface area contributed by atoms with Gasteiger partial charge in [-0.05, 0) is 55.3 Å². The van der Waals surface area contributed by atoms with Crippen molar-refractivity contribution < 1.29 is 14.7 Å². The molecular formula is C28H23ClN2O3. The van der Waals surface area contributed by atoms with Gasteiger partial charge in [0, 0.05) is 46.0 Å². The zero-order valence-corrected chi connectivity index (χ0v) is 19.8. The number of aryl methyl sites for hydroxylation is 3. The van der Waals surface area contributed by atoms with Crippen LogP contribution in [0.3, 0.4) is 0 Å². The molecule has 0 radical (unpaired) electrons. The second kappa shape index (κ2) is 8.19. The van der Waals surface area contributed by atoms with Crippen molar-refractivity contribution in [1.29, 1.82) is 0 Å². The number of fused-ring (bicyclic) bond motifs is 1. The highest BCUT2D eigenvalue weighted by molar-refractivity contribution is 6.52. The fourth-order valence-electron chi connectivity index (χ4n) is 4.65. The van der Waals surface area contributed by atoms with Crippen LogP contribution in [0.4, 0.5) is 5.69 Å². The van der Waals surface area contributed by atoms with Gasteiger partial charge in [-0.15, -0.1) is 0 Å². The second-order valence-electron chi connectivity index (χ2n) is 8.66. The Balaban J connectivity index is 1.82. The summed E-state index contributed by atoms with van der Waals surface area (Å²) >= 11 is 6.15. The van der Waals surface area contributed by atoms with Crippen molar-refractivity contribution in [2.24, 2.45) is 7.05 Å². The van der Waals surface area contributed by atoms with E-state index in [1.165, 1.54) is 4.90 Å². The summed E-state index contributed by atoms with van der Waals surface area (Å²) in [7, 11) is 1.92. The topological polar surface area (TPSA) is 62.5 Å². The Bertz CT molecular complexity index is 1520. The summed E-state index contributed by atoms with van der Waals surface area (Å²) < 4.78 is 1.96. The molecule has 4 aromatic rings. The van der Waals surface area contributed by atoms with Gasteiger partial charge in [-0.3, -0.25) is 14.5 Å². The molecule has 1 aromatic heterocycles. The molecule has 3 aromatic carbocycles. The molecule has 1 unspecified atom stereocenters. The van der Waals surface area contributed by atoms with Gasteiger partial charge in [0.1, 0.15) is 5.76 Å². The number of anilines is 1. The minimum Gasteiger partial charge on any atom is -0.507 e. The Morgan fingerprint density at radius 1 is 0.941 bits per heavy atom. The predicted octanol–water partition coefficient (Wildman–Crippen LogP) is 6.07. The molecule has 170 valence electrons. The number of rotatable bonds is 3. The zero-order chi connectivity index (χ0) is 24.1. The minimum atomic E-state index is -0.799. The Morgan fingerprint density at radius 2 is 1.71 bits per heavy atom. The molecule has 34 heavy (non-hydrogen) atoms. The molecule has 1 N–H and O–H groups in total. The van der Waals surface area contributed by atoms with Crippen LogP contribution >= 0.6 is 11.6 Å². The molecule has 1 aliphatic heterocycles. The predicted molar refractivity (Wildman–Crippen MR) is 135 cm³/mol. The number of Topliss-reactive ketones (excluding diaryl/α,β-unsaturated/α-hetero) is 1. The number of amides is 1. The van der Waals surface area contributed by atoms with Gasteiger partial charge in [-0.2, -0.15) is 0 Å². The van der Waals surface area contributed by atoms with E-state index in [2.05, 4.69) is 0 Å². The number of carbonyl (C=O) groups excluding carboxylic acids is 2. The van der Waals surface area contributed by atoms with Crippen LogP contribution in [-0.2, 0) is 16.6 Å². The van der Waals surface area contributed by atoms with Crippen molar-refractivity contribution in [3.63, 3.8) is 0 Å². The third-order valence-corrected chi connectivity index (χ3v) is 6.77. The van der Waals surface area contributed by atoms with Crippen molar-refractivity contribution >= 4 is 45.6 Å². The smallest absolute Gasteiger partial charge is 0.300 e. The van der Waals surface area contributed by atoms with E-state index in [0.29, 0.717) is 16.3 Å². The summed E-state index contributed by atoms with van der Waals surface area (Å²) in [6, 6.07) is 19.3. The molecule has 5 rings (SSSR count). The number of carbonyl (C=O) groups is 2. The van der Waals surface area contributed by atoms with Crippen molar-refractivity contribution in [3.05, 3.63) is 106 Å². The lowest BCUT2D eigenvalue weighted by Gasteiger charge is -2.25. The Kier molecular flexibility index (Phi) is 5.29. The van der Waals surface area contributed by atoms with Crippen molar-refractivity contribution in [1.82, 2.24) is 4.57 Å². The third-order valence-electron chi connectivity index (χ3n) is 6.53. The normalized spacial score (nSPS) is 17.6. The van der Waals surface area contributed by atoms with Crippen LogP contribution in [0.15, 0.2) is 78.5 Å². The van der Waals surface area contributed by atoms with Gasteiger partial charge < -0.3 is 9.67 Å². The van der Waals surface area contributed by atoms with Crippen LogP contribution in [0.1, 0.15) is 28.3 Å². The monoisotopic (exact) mass is 470 g/mol. The number of nitrogens with zero attached hydrogens (tertiary/aromatic N) is 2. The number of aromatic nitrogens is 1. The molecule has 1 saturated heterocycles. The van der Waals surface area contributed by atoms with Crippen LogP contribution in [0.2, 0.25) is 5.02 Å². The van der Waals surface area contributed by atoms with Crippen molar-refractivity contribution in [3.8, 4) is 0 Å². The molecule has 1 fully saturated rings. The lowest BCUT2D eigenvalue weighted by molar-refractivity contribution is -0.132. The first-order chi connectivity index (χ1) is 16.3. The van der Waals surface area contributed by atoms with Crippen LogP contribution in [0.25, 0.3) is 16.7 Å². The maximum atomic E-state index is 13.4. The van der Waals surface area contributed by atoms with Crippen LogP contribution in [0.5, 0.6) is 0 Å².